The molecule has 2 saturated heterocycles. The molecule has 3 heterocycles. The first kappa shape index (κ1) is 63.3. The van der Waals surface area contributed by atoms with Gasteiger partial charge in [-0.3, -0.25) is 23.7 Å². The number of cyclic esters (lactones) is 1. The lowest BCUT2D eigenvalue weighted by atomic mass is 9.78. The van der Waals surface area contributed by atoms with Crippen LogP contribution in [-0.2, 0) is 66.0 Å². The Balaban J connectivity index is 1.68. The number of hydrogen-bond donors (Lipinski definition) is 2. The number of ether oxygens (including phenoxy) is 6. The van der Waals surface area contributed by atoms with Crippen molar-refractivity contribution >= 4 is 36.8 Å². The van der Waals surface area contributed by atoms with Gasteiger partial charge in [-0.2, -0.15) is 0 Å². The molecule has 0 aromatic carbocycles. The molecule has 18 heteroatoms. The predicted octanol–water partition coefficient (Wildman–Crippen LogP) is 8.08. The molecule has 3 fully saturated rings. The van der Waals surface area contributed by atoms with Gasteiger partial charge in [-0.25, -0.2) is 4.79 Å². The van der Waals surface area contributed by atoms with Gasteiger partial charge < -0.3 is 52.6 Å². The van der Waals surface area contributed by atoms with Crippen LogP contribution in [0.25, 0.3) is 0 Å². The fourth-order valence-corrected chi connectivity index (χ4v) is 12.1. The summed E-state index contributed by atoms with van der Waals surface area (Å²) in [5.74, 6) is -8.31. The van der Waals surface area contributed by atoms with Crippen molar-refractivity contribution in [1.82, 2.24) is 4.90 Å². The minimum atomic E-state index is -3.44. The molecule has 5 unspecified atom stereocenters. The van der Waals surface area contributed by atoms with Gasteiger partial charge in [0.05, 0.1) is 43.7 Å². The Morgan fingerprint density at radius 3 is 2.28 bits per heavy atom. The highest BCUT2D eigenvalue weighted by Gasteiger charge is 2.53. The molecule has 4 rings (SSSR count). The van der Waals surface area contributed by atoms with Gasteiger partial charge in [-0.05, 0) is 114 Å². The van der Waals surface area contributed by atoms with E-state index in [0.717, 1.165) is 5.57 Å². The third-order valence-corrected chi connectivity index (χ3v) is 16.9. The zero-order valence-corrected chi connectivity index (χ0v) is 47.3. The van der Waals surface area contributed by atoms with Gasteiger partial charge in [0.25, 0.3) is 11.7 Å². The van der Waals surface area contributed by atoms with E-state index in [1.807, 2.05) is 65.0 Å². The highest BCUT2D eigenvalue weighted by Crippen LogP contribution is 2.48. The molecule has 1 saturated carbocycles. The normalized spacial score (nSPS) is 35.6. The summed E-state index contributed by atoms with van der Waals surface area (Å²) in [4.78, 5) is 72.5. The number of rotatable bonds is 13. The lowest BCUT2D eigenvalue weighted by Crippen LogP contribution is -2.61. The molecule has 16 atom stereocenters. The topological polar surface area (TPSA) is 220 Å². The highest BCUT2D eigenvalue weighted by atomic mass is 31.2. The zero-order valence-electron chi connectivity index (χ0n) is 46.4. The van der Waals surface area contributed by atoms with Crippen LogP contribution in [0.15, 0.2) is 47.6 Å². The van der Waals surface area contributed by atoms with Gasteiger partial charge in [0.15, 0.2) is 11.6 Å². The van der Waals surface area contributed by atoms with Gasteiger partial charge in [0.2, 0.25) is 5.79 Å². The number of carbonyl (C=O) groups excluding carboxylic acids is 5. The van der Waals surface area contributed by atoms with E-state index in [9.17, 15) is 38.8 Å². The largest absolute Gasteiger partial charge is 0.460 e. The summed E-state index contributed by atoms with van der Waals surface area (Å²) in [6.07, 6.45) is 10.7. The summed E-state index contributed by atoms with van der Waals surface area (Å²) >= 11 is 0. The SMILES string of the molecule is CCOCCOP(C)(=O)O[C@@H]1CCC(C[C@@H](C)C2CC(=O)C(C)=CC(C)[C@@H](O)[C@@H](OC)C(=O)[C@H](C)C[C@H](C)C=CC=CC=C(C)[C@@H](OC)C[C@@H]3CC[C@@H](C)[C@@](O)(O3)C(=O)C(=O)N3CCCCC3C(=O)O2)C[C@H]1OC. The Labute approximate surface area is 441 Å². The fraction of sp³-hybridized carbons (Fsp3) is 0.768. The average molecular weight is 1060 g/mol. The molecule has 74 heavy (non-hydrogen) atoms. The number of amides is 1. The van der Waals surface area contributed by atoms with Crippen LogP contribution in [0.5, 0.6) is 0 Å². The Morgan fingerprint density at radius 1 is 0.878 bits per heavy atom. The van der Waals surface area contributed by atoms with Crippen LogP contribution in [0.3, 0.4) is 0 Å². The Kier molecular flexibility index (Phi) is 25.7. The van der Waals surface area contributed by atoms with Crippen molar-refractivity contribution < 1.29 is 76.2 Å². The van der Waals surface area contributed by atoms with E-state index in [-0.39, 0.29) is 61.6 Å². The predicted molar refractivity (Wildman–Crippen MR) is 280 cm³/mol. The average Bonchev–Trinajstić information content (AvgIpc) is 3.36. The monoisotopic (exact) mass is 1060 g/mol. The van der Waals surface area contributed by atoms with Crippen molar-refractivity contribution in [2.75, 3.05) is 54.4 Å². The third kappa shape index (κ3) is 17.9. The van der Waals surface area contributed by atoms with E-state index in [1.165, 1.54) is 18.7 Å². The number of Topliss-reactive ketones (excluding diaryl/α,β-unsaturated/α-hetero) is 3. The third-order valence-electron chi connectivity index (χ3n) is 15.5. The first-order valence-corrected chi connectivity index (χ1v) is 29.0. The first-order valence-electron chi connectivity index (χ1n) is 27.0. The number of piperidine rings is 1. The van der Waals surface area contributed by atoms with Crippen molar-refractivity contribution in [3.05, 3.63) is 47.6 Å². The van der Waals surface area contributed by atoms with Crippen LogP contribution in [0, 0.1) is 35.5 Å². The lowest BCUT2D eigenvalue weighted by molar-refractivity contribution is -0.265. The Morgan fingerprint density at radius 2 is 1.61 bits per heavy atom. The molecule has 3 aliphatic heterocycles. The maximum Gasteiger partial charge on any atom is 0.329 e. The molecular formula is C56H90NO16P. The second-order valence-corrected chi connectivity index (χ2v) is 23.5. The molecule has 0 radical (unpaired) electrons. The van der Waals surface area contributed by atoms with Crippen molar-refractivity contribution in [3.63, 3.8) is 0 Å². The van der Waals surface area contributed by atoms with Crippen molar-refractivity contribution in [2.45, 2.75) is 187 Å². The van der Waals surface area contributed by atoms with Crippen LogP contribution >= 0.6 is 7.60 Å². The van der Waals surface area contributed by atoms with Crippen LogP contribution < -0.4 is 0 Å². The van der Waals surface area contributed by atoms with Crippen molar-refractivity contribution in [1.29, 1.82) is 0 Å². The lowest BCUT2D eigenvalue weighted by Gasteiger charge is -2.42. The molecule has 17 nitrogen and oxygen atoms in total. The molecule has 0 aromatic heterocycles. The van der Waals surface area contributed by atoms with E-state index in [4.69, 9.17) is 37.5 Å². The number of nitrogens with zero attached hydrogens (tertiary/aromatic N) is 1. The summed E-state index contributed by atoms with van der Waals surface area (Å²) in [5.41, 5.74) is 1.16. The zero-order chi connectivity index (χ0) is 54.9. The van der Waals surface area contributed by atoms with E-state index < -0.39 is 103 Å². The maximum atomic E-state index is 14.6. The number of ketones is 3. The number of hydrogen-bond acceptors (Lipinski definition) is 16. The summed E-state index contributed by atoms with van der Waals surface area (Å²) in [7, 11) is 1.08. The van der Waals surface area contributed by atoms with E-state index >= 15 is 0 Å². The van der Waals surface area contributed by atoms with Crippen LogP contribution in [0.1, 0.15) is 132 Å². The van der Waals surface area contributed by atoms with E-state index in [1.54, 1.807) is 41.1 Å². The summed E-state index contributed by atoms with van der Waals surface area (Å²) < 4.78 is 60.0. The molecule has 1 aliphatic carbocycles. The number of aliphatic hydroxyl groups excluding tert-OH is 1. The molecule has 420 valence electrons. The number of methoxy groups -OCH3 is 3. The smallest absolute Gasteiger partial charge is 0.329 e. The van der Waals surface area contributed by atoms with E-state index in [0.29, 0.717) is 70.8 Å². The second kappa shape index (κ2) is 30.1. The Bertz CT molecular complexity index is 2040. The molecule has 1 amide bonds. The van der Waals surface area contributed by atoms with Gasteiger partial charge in [-0.1, -0.05) is 71.1 Å². The summed E-state index contributed by atoms with van der Waals surface area (Å²) in [5, 5.41) is 23.6. The van der Waals surface area contributed by atoms with Crippen LogP contribution in [0.4, 0.5) is 0 Å². The van der Waals surface area contributed by atoms with Crippen LogP contribution in [-0.4, -0.2) is 153 Å². The highest BCUT2D eigenvalue weighted by molar-refractivity contribution is 7.53. The van der Waals surface area contributed by atoms with Gasteiger partial charge in [-0.15, -0.1) is 0 Å². The number of fused-ring (bicyclic) bond motifs is 3. The second-order valence-electron chi connectivity index (χ2n) is 21.5. The molecule has 0 spiro atoms. The number of esters is 1. The number of carbonyl (C=O) groups is 5. The van der Waals surface area contributed by atoms with E-state index in [2.05, 4.69) is 0 Å². The molecular weight excluding hydrogens is 974 g/mol. The van der Waals surface area contributed by atoms with Gasteiger partial charge in [0, 0.05) is 71.7 Å². The molecule has 2 N–H and O–H groups in total. The first-order chi connectivity index (χ1) is 35.0. The number of aliphatic hydroxyl groups is 2. The quantitative estimate of drug-likeness (QED) is 0.0770. The maximum absolute atomic E-state index is 14.6. The van der Waals surface area contributed by atoms with Gasteiger partial charge in [0.1, 0.15) is 18.2 Å². The Hall–Kier alpha value is -3.22. The standard InChI is InChI=1S/C56H90NO16P/c1-13-69-27-28-70-74(12,65)73-46-25-23-42(32-49(46)67-10)31-38(5)48-34-45(58)37(4)30-40(7)51(60)52(68-11)50(59)39(6)29-35(2)19-15-14-16-20-36(3)47(66-9)33-43-24-22-41(8)56(64,72-43)53(61)54(62)57-26-18-17-21-44(57)55(63)71-48/h14-16,19-20,30,35,38-44,46-49,51-52,60,64H,13,17-18,21-29,31-34H2,1-12H3/t35-,38-,39-,40?,41-,42?,43+,44?,46-,47+,48?,49-,51-,52+,56-,74?/m1/s1. The molecule has 4 aliphatic rings. The minimum absolute atomic E-state index is 0.00529. The summed E-state index contributed by atoms with van der Waals surface area (Å²) in [6, 6.07) is -1.18. The number of allylic oxidation sites excluding steroid dienone is 6. The van der Waals surface area contributed by atoms with Crippen LogP contribution in [0.2, 0.25) is 0 Å². The summed E-state index contributed by atoms with van der Waals surface area (Å²) in [6.45, 7) is 16.9. The fourth-order valence-electron chi connectivity index (χ4n) is 10.9. The van der Waals surface area contributed by atoms with Crippen molar-refractivity contribution in [3.8, 4) is 0 Å². The molecule has 0 aromatic rings. The molecule has 2 bridgehead atoms. The minimum Gasteiger partial charge on any atom is -0.460 e. The van der Waals surface area contributed by atoms with Gasteiger partial charge >= 0.3 is 13.6 Å². The van der Waals surface area contributed by atoms with Crippen molar-refractivity contribution in [2.24, 2.45) is 35.5 Å².